The fourth-order valence-electron chi connectivity index (χ4n) is 1.27. The van der Waals surface area contributed by atoms with Gasteiger partial charge in [-0.05, 0) is 33.1 Å². The molecule has 1 aromatic carbocycles. The summed E-state index contributed by atoms with van der Waals surface area (Å²) in [4.78, 5) is 4.02. The average Bonchev–Trinajstić information content (AvgIpc) is 2.29. The third-order valence-corrected chi connectivity index (χ3v) is 2.72. The Labute approximate surface area is 97.6 Å². The predicted octanol–water partition coefficient (Wildman–Crippen LogP) is 4.01. The summed E-state index contributed by atoms with van der Waals surface area (Å²) in [7, 11) is 0. The van der Waals surface area contributed by atoms with Crippen molar-refractivity contribution in [2.24, 2.45) is 0 Å². The van der Waals surface area contributed by atoms with E-state index in [1.165, 1.54) is 5.56 Å². The monoisotopic (exact) mass is 259 g/mol. The van der Waals surface area contributed by atoms with Gasteiger partial charge in [-0.25, -0.2) is 0 Å². The maximum absolute atomic E-state index is 4.02. The van der Waals surface area contributed by atoms with Gasteiger partial charge in [0.05, 0.1) is 0 Å². The molecule has 1 nitrogen and oxygen atoms in total. The molecule has 1 aromatic heterocycles. The van der Waals surface area contributed by atoms with E-state index in [1.807, 2.05) is 24.3 Å². The van der Waals surface area contributed by atoms with Crippen LogP contribution < -0.4 is 0 Å². The van der Waals surface area contributed by atoms with Gasteiger partial charge in [0.25, 0.3) is 0 Å². The maximum Gasteiger partial charge on any atom is 0.0431 e. The van der Waals surface area contributed by atoms with Crippen LogP contribution >= 0.6 is 15.9 Å². The molecule has 2 heteroatoms. The highest BCUT2D eigenvalue weighted by atomic mass is 79.9. The number of halogens is 1. The van der Waals surface area contributed by atoms with Crippen LogP contribution in [0.2, 0.25) is 0 Å². The Bertz CT molecular complexity index is 463. The van der Waals surface area contributed by atoms with E-state index in [2.05, 4.69) is 45.2 Å². The van der Waals surface area contributed by atoms with Gasteiger partial charge in [0.2, 0.25) is 0 Å². The van der Waals surface area contributed by atoms with Crippen molar-refractivity contribution in [3.8, 4) is 0 Å². The first-order valence-electron chi connectivity index (χ1n) is 4.69. The first kappa shape index (κ1) is 10.1. The zero-order valence-electron chi connectivity index (χ0n) is 8.10. The summed E-state index contributed by atoms with van der Waals surface area (Å²) in [5.74, 6) is 0. The van der Waals surface area contributed by atoms with Crippen LogP contribution in [0.3, 0.4) is 0 Å². The standard InChI is InChI=1S/C13H10BrN/c14-13-10-15-9-8-12(13)7-6-11-4-2-1-3-5-11/h1-10H/b7-6+. The lowest BCUT2D eigenvalue weighted by Gasteiger charge is -1.96. The number of rotatable bonds is 2. The minimum absolute atomic E-state index is 1.01. The van der Waals surface area contributed by atoms with Crippen molar-refractivity contribution in [1.29, 1.82) is 0 Å². The van der Waals surface area contributed by atoms with Crippen molar-refractivity contribution in [1.82, 2.24) is 4.98 Å². The van der Waals surface area contributed by atoms with Crippen molar-refractivity contribution in [2.45, 2.75) is 0 Å². The second kappa shape index (κ2) is 4.89. The predicted molar refractivity (Wildman–Crippen MR) is 67.3 cm³/mol. The van der Waals surface area contributed by atoms with Gasteiger partial charge < -0.3 is 0 Å². The molecule has 0 amide bonds. The summed E-state index contributed by atoms with van der Waals surface area (Å²) < 4.78 is 1.01. The number of aromatic nitrogens is 1. The lowest BCUT2D eigenvalue weighted by molar-refractivity contribution is 1.30. The smallest absolute Gasteiger partial charge is 0.0431 e. The van der Waals surface area contributed by atoms with Crippen LogP contribution in [-0.4, -0.2) is 4.98 Å². The molecule has 2 rings (SSSR count). The Morgan fingerprint density at radius 1 is 1.00 bits per heavy atom. The summed E-state index contributed by atoms with van der Waals surface area (Å²) in [6, 6.07) is 12.2. The molecule has 0 bridgehead atoms. The Balaban J connectivity index is 2.23. The molecular weight excluding hydrogens is 250 g/mol. The van der Waals surface area contributed by atoms with E-state index in [0.29, 0.717) is 0 Å². The summed E-state index contributed by atoms with van der Waals surface area (Å²) in [6.45, 7) is 0. The Kier molecular flexibility index (Phi) is 3.30. The second-order valence-corrected chi connectivity index (χ2v) is 4.00. The van der Waals surface area contributed by atoms with Crippen molar-refractivity contribution < 1.29 is 0 Å². The maximum atomic E-state index is 4.02. The molecule has 15 heavy (non-hydrogen) atoms. The van der Waals surface area contributed by atoms with Gasteiger partial charge in [0.15, 0.2) is 0 Å². The van der Waals surface area contributed by atoms with Crippen molar-refractivity contribution in [2.75, 3.05) is 0 Å². The molecule has 74 valence electrons. The van der Waals surface area contributed by atoms with Gasteiger partial charge in [0, 0.05) is 16.9 Å². The highest BCUT2D eigenvalue weighted by Gasteiger charge is 1.93. The molecule has 2 aromatic rings. The lowest BCUT2D eigenvalue weighted by Crippen LogP contribution is -1.77. The number of hydrogen-bond acceptors (Lipinski definition) is 1. The second-order valence-electron chi connectivity index (χ2n) is 3.14. The number of hydrogen-bond donors (Lipinski definition) is 0. The third kappa shape index (κ3) is 2.77. The van der Waals surface area contributed by atoms with E-state index in [4.69, 9.17) is 0 Å². The van der Waals surface area contributed by atoms with Gasteiger partial charge in [-0.3, -0.25) is 4.98 Å². The van der Waals surface area contributed by atoms with E-state index >= 15 is 0 Å². The van der Waals surface area contributed by atoms with Crippen molar-refractivity contribution in [3.63, 3.8) is 0 Å². The van der Waals surface area contributed by atoms with E-state index in [1.54, 1.807) is 12.4 Å². The summed E-state index contributed by atoms with van der Waals surface area (Å²) in [5.41, 5.74) is 2.33. The van der Waals surface area contributed by atoms with E-state index in [0.717, 1.165) is 10.0 Å². The van der Waals surface area contributed by atoms with Crippen molar-refractivity contribution >= 4 is 28.1 Å². The largest absolute Gasteiger partial charge is 0.264 e. The lowest BCUT2D eigenvalue weighted by atomic mass is 10.1. The molecule has 0 aliphatic rings. The summed E-state index contributed by atoms with van der Waals surface area (Å²) in [5, 5.41) is 0. The number of nitrogens with zero attached hydrogens (tertiary/aromatic N) is 1. The topological polar surface area (TPSA) is 12.9 Å². The molecule has 0 aliphatic carbocycles. The zero-order valence-corrected chi connectivity index (χ0v) is 9.68. The van der Waals surface area contributed by atoms with Crippen LogP contribution in [0.25, 0.3) is 12.2 Å². The van der Waals surface area contributed by atoms with Crippen LogP contribution in [0, 0.1) is 0 Å². The van der Waals surface area contributed by atoms with Gasteiger partial charge in [-0.15, -0.1) is 0 Å². The fraction of sp³-hybridized carbons (Fsp3) is 0. The highest BCUT2D eigenvalue weighted by molar-refractivity contribution is 9.10. The summed E-state index contributed by atoms with van der Waals surface area (Å²) >= 11 is 3.46. The molecule has 0 unspecified atom stereocenters. The Morgan fingerprint density at radius 3 is 2.53 bits per heavy atom. The van der Waals surface area contributed by atoms with E-state index in [-0.39, 0.29) is 0 Å². The minimum Gasteiger partial charge on any atom is -0.264 e. The number of benzene rings is 1. The zero-order chi connectivity index (χ0) is 10.5. The Morgan fingerprint density at radius 2 is 1.80 bits per heavy atom. The Hall–Kier alpha value is -1.41. The number of pyridine rings is 1. The third-order valence-electron chi connectivity index (χ3n) is 2.06. The average molecular weight is 260 g/mol. The quantitative estimate of drug-likeness (QED) is 0.794. The van der Waals surface area contributed by atoms with Gasteiger partial charge in [0.1, 0.15) is 0 Å². The molecule has 1 heterocycles. The first-order chi connectivity index (χ1) is 7.36. The van der Waals surface area contributed by atoms with Crippen LogP contribution in [0.1, 0.15) is 11.1 Å². The van der Waals surface area contributed by atoms with Crippen molar-refractivity contribution in [3.05, 3.63) is 64.4 Å². The van der Waals surface area contributed by atoms with Crippen LogP contribution in [0.4, 0.5) is 0 Å². The molecule has 0 spiro atoms. The molecule has 0 saturated carbocycles. The van der Waals surface area contributed by atoms with Crippen LogP contribution in [0.5, 0.6) is 0 Å². The molecular formula is C13H10BrN. The minimum atomic E-state index is 1.01. The van der Waals surface area contributed by atoms with Crippen LogP contribution in [0.15, 0.2) is 53.3 Å². The molecule has 0 fully saturated rings. The first-order valence-corrected chi connectivity index (χ1v) is 5.48. The van der Waals surface area contributed by atoms with Gasteiger partial charge in [-0.1, -0.05) is 42.5 Å². The fourth-order valence-corrected chi connectivity index (χ4v) is 1.65. The van der Waals surface area contributed by atoms with Gasteiger partial charge >= 0.3 is 0 Å². The molecule has 0 saturated heterocycles. The van der Waals surface area contributed by atoms with Gasteiger partial charge in [-0.2, -0.15) is 0 Å². The highest BCUT2D eigenvalue weighted by Crippen LogP contribution is 2.17. The summed E-state index contributed by atoms with van der Waals surface area (Å²) in [6.07, 6.45) is 7.74. The SMILES string of the molecule is Brc1cnccc1/C=C/c1ccccc1. The van der Waals surface area contributed by atoms with E-state index in [9.17, 15) is 0 Å². The molecule has 0 radical (unpaired) electrons. The normalized spacial score (nSPS) is 10.7. The van der Waals surface area contributed by atoms with E-state index < -0.39 is 0 Å². The van der Waals surface area contributed by atoms with Crippen LogP contribution in [-0.2, 0) is 0 Å². The molecule has 0 N–H and O–H groups in total. The molecule has 0 aliphatic heterocycles. The molecule has 0 atom stereocenters.